The van der Waals surface area contributed by atoms with Gasteiger partial charge in [-0.15, -0.1) is 5.11 Å². The van der Waals surface area contributed by atoms with Crippen LogP contribution in [0.15, 0.2) is 69.7 Å². The molecule has 3 N–H and O–H groups in total. The Morgan fingerprint density at radius 1 is 1.03 bits per heavy atom. The summed E-state index contributed by atoms with van der Waals surface area (Å²) in [4.78, 5) is 11.9. The topological polar surface area (TPSA) is 167 Å². The van der Waals surface area contributed by atoms with Crippen LogP contribution in [0.5, 0.6) is 5.75 Å². The molecular weight excluding hydrogens is 508 g/mol. The van der Waals surface area contributed by atoms with Gasteiger partial charge in [0.15, 0.2) is 5.75 Å². The van der Waals surface area contributed by atoms with Crippen molar-refractivity contribution >= 4 is 63.9 Å². The lowest BCUT2D eigenvalue weighted by atomic mass is 10.1. The van der Waals surface area contributed by atoms with Crippen molar-refractivity contribution in [2.45, 2.75) is 19.2 Å². The Balaban J connectivity index is 0.00000408. The fourth-order valence-corrected chi connectivity index (χ4v) is 4.06. The molecule has 0 spiro atoms. The van der Waals surface area contributed by atoms with Gasteiger partial charge in [-0.1, -0.05) is 25.6 Å². The number of carbonyl (C=O) groups excluding carboxylic acids is 1. The summed E-state index contributed by atoms with van der Waals surface area (Å²) in [5.41, 5.74) is 0.401. The molecule has 14 heteroatoms. The zero-order valence-corrected chi connectivity index (χ0v) is 19.3. The number of hydrogen-bond donors (Lipinski definition) is 2. The normalized spacial score (nSPS) is 11.7. The number of rotatable bonds is 7. The van der Waals surface area contributed by atoms with Crippen molar-refractivity contribution in [3.8, 4) is 5.75 Å². The van der Waals surface area contributed by atoms with Gasteiger partial charge >= 0.3 is 6.16 Å². The Hall–Kier alpha value is -3.26. The Morgan fingerprint density at radius 3 is 2.38 bits per heavy atom. The summed E-state index contributed by atoms with van der Waals surface area (Å²) in [6.07, 6.45) is -1.01. The van der Waals surface area contributed by atoms with Gasteiger partial charge in [-0.3, -0.25) is 4.72 Å². The zero-order chi connectivity index (χ0) is 24.2. The van der Waals surface area contributed by atoms with Crippen molar-refractivity contribution in [3.05, 3.63) is 54.6 Å². The number of nitrogens with two attached hydrogens (primary N) is 1. The van der Waals surface area contributed by atoms with Crippen molar-refractivity contribution in [2.24, 2.45) is 15.4 Å². The van der Waals surface area contributed by atoms with Crippen LogP contribution in [0.3, 0.4) is 0 Å². The Morgan fingerprint density at radius 2 is 1.74 bits per heavy atom. The van der Waals surface area contributed by atoms with Crippen LogP contribution in [0.4, 0.5) is 21.9 Å². The number of fused-ring (bicyclic) bond motifs is 1. The van der Waals surface area contributed by atoms with E-state index < -0.39 is 25.4 Å². The number of azo groups is 1. The predicted octanol–water partition coefficient (Wildman–Crippen LogP) is 4.97. The molecule has 3 aromatic rings. The van der Waals surface area contributed by atoms with Crippen LogP contribution < -0.4 is 14.6 Å². The summed E-state index contributed by atoms with van der Waals surface area (Å²) < 4.78 is 58.4. The quantitative estimate of drug-likeness (QED) is 0.189. The molecule has 11 nitrogen and oxygen atoms in total. The molecule has 0 fully saturated rings. The maximum Gasteiger partial charge on any atom is 0.513 e. The SMILES string of the molecule is C.CCOC(=O)Oc1c(N=Nc2cccc(S(=O)(=O)Cl)c2)ccc2c(NS(N)(=O)=O)cccc12. The molecule has 0 saturated heterocycles. The molecule has 34 heavy (non-hydrogen) atoms. The van der Waals surface area contributed by atoms with E-state index in [9.17, 15) is 21.6 Å². The number of halogens is 1. The van der Waals surface area contributed by atoms with Gasteiger partial charge in [0.05, 0.1) is 22.9 Å². The summed E-state index contributed by atoms with van der Waals surface area (Å²) in [5, 5.41) is 13.8. The molecule has 0 aliphatic rings. The van der Waals surface area contributed by atoms with Gasteiger partial charge in [0, 0.05) is 21.5 Å². The molecule has 182 valence electrons. The van der Waals surface area contributed by atoms with Crippen molar-refractivity contribution in [1.82, 2.24) is 0 Å². The highest BCUT2D eigenvalue weighted by atomic mass is 35.7. The number of benzene rings is 3. The number of hydrogen-bond acceptors (Lipinski definition) is 9. The number of anilines is 1. The van der Waals surface area contributed by atoms with Gasteiger partial charge in [0.2, 0.25) is 0 Å². The average molecular weight is 529 g/mol. The van der Waals surface area contributed by atoms with Crippen LogP contribution in [0.2, 0.25) is 0 Å². The fraction of sp³-hybridized carbons (Fsp3) is 0.150. The third-order valence-electron chi connectivity index (χ3n) is 4.06. The maximum atomic E-state index is 12.0. The molecule has 0 atom stereocenters. The number of carbonyl (C=O) groups is 1. The summed E-state index contributed by atoms with van der Waals surface area (Å²) in [7, 11) is -2.68. The Kier molecular flexibility index (Phi) is 8.56. The zero-order valence-electron chi connectivity index (χ0n) is 16.9. The average Bonchev–Trinajstić information content (AvgIpc) is 2.72. The summed E-state index contributed by atoms with van der Waals surface area (Å²) in [5.74, 6) is -0.0612. The van der Waals surface area contributed by atoms with Crippen LogP contribution in [-0.4, -0.2) is 29.6 Å². The maximum absolute atomic E-state index is 12.0. The first-order valence-corrected chi connectivity index (χ1v) is 13.0. The lowest BCUT2D eigenvalue weighted by Gasteiger charge is -2.13. The molecule has 0 aliphatic carbocycles. The summed E-state index contributed by atoms with van der Waals surface area (Å²) in [6, 6.07) is 13.0. The van der Waals surface area contributed by atoms with Crippen molar-refractivity contribution in [1.29, 1.82) is 0 Å². The lowest BCUT2D eigenvalue weighted by Crippen LogP contribution is -2.21. The molecule has 0 heterocycles. The molecule has 0 aliphatic heterocycles. The second-order valence-electron chi connectivity index (χ2n) is 6.38. The molecule has 0 amide bonds. The monoisotopic (exact) mass is 528 g/mol. The van der Waals surface area contributed by atoms with Crippen LogP contribution in [0.1, 0.15) is 14.4 Å². The lowest BCUT2D eigenvalue weighted by molar-refractivity contribution is 0.105. The van der Waals surface area contributed by atoms with E-state index in [2.05, 4.69) is 15.0 Å². The largest absolute Gasteiger partial charge is 0.513 e. The standard InChI is InChI=1S/C19H17ClN4O7S2.CH4/c1-2-30-19(25)31-18-15-7-4-8-16(24-33(21,28)29)14(15)9-10-17(18)23-22-12-5-3-6-13(11-12)32(20,26)27;/h3-11,24H,2H2,1H3,(H2,21,28,29);1H4. The van der Waals surface area contributed by atoms with Crippen LogP contribution >= 0.6 is 10.7 Å². The predicted molar refractivity (Wildman–Crippen MR) is 129 cm³/mol. The molecule has 0 radical (unpaired) electrons. The van der Waals surface area contributed by atoms with Gasteiger partial charge < -0.3 is 9.47 Å². The third-order valence-corrected chi connectivity index (χ3v) is 5.92. The molecule has 0 bridgehead atoms. The molecule has 0 unspecified atom stereocenters. The van der Waals surface area contributed by atoms with E-state index in [0.717, 1.165) is 0 Å². The highest BCUT2D eigenvalue weighted by Crippen LogP contribution is 2.40. The fourth-order valence-electron chi connectivity index (χ4n) is 2.79. The number of ether oxygens (including phenoxy) is 2. The first-order chi connectivity index (χ1) is 15.5. The minimum atomic E-state index is -4.07. The van der Waals surface area contributed by atoms with E-state index in [0.29, 0.717) is 10.8 Å². The molecule has 0 aromatic heterocycles. The van der Waals surface area contributed by atoms with E-state index in [1.54, 1.807) is 13.0 Å². The summed E-state index contributed by atoms with van der Waals surface area (Å²) in [6.45, 7) is 1.65. The molecule has 3 rings (SSSR count). The second-order valence-corrected chi connectivity index (χ2v) is 10.2. The first kappa shape index (κ1) is 27.0. The van der Waals surface area contributed by atoms with Crippen molar-refractivity contribution in [2.75, 3.05) is 11.3 Å². The van der Waals surface area contributed by atoms with E-state index in [1.165, 1.54) is 48.5 Å². The molecular formula is C20H21ClN4O7S2. The van der Waals surface area contributed by atoms with E-state index >= 15 is 0 Å². The van der Waals surface area contributed by atoms with Gasteiger partial charge in [0.1, 0.15) is 5.69 Å². The van der Waals surface area contributed by atoms with E-state index in [4.69, 9.17) is 25.3 Å². The first-order valence-electron chi connectivity index (χ1n) is 9.15. The van der Waals surface area contributed by atoms with Gasteiger partial charge in [-0.05, 0) is 43.3 Å². The van der Waals surface area contributed by atoms with Gasteiger partial charge in [-0.2, -0.15) is 13.5 Å². The Labute approximate surface area is 201 Å². The minimum Gasteiger partial charge on any atom is -0.434 e. The number of nitrogens with zero attached hydrogens (tertiary/aromatic N) is 2. The van der Waals surface area contributed by atoms with Crippen molar-refractivity contribution in [3.63, 3.8) is 0 Å². The highest BCUT2D eigenvalue weighted by molar-refractivity contribution is 8.13. The van der Waals surface area contributed by atoms with Crippen LogP contribution in [0, 0.1) is 0 Å². The minimum absolute atomic E-state index is 0. The highest BCUT2D eigenvalue weighted by Gasteiger charge is 2.17. The summed E-state index contributed by atoms with van der Waals surface area (Å²) >= 11 is 0. The van der Waals surface area contributed by atoms with Crippen LogP contribution in [-0.2, 0) is 24.0 Å². The van der Waals surface area contributed by atoms with Gasteiger partial charge in [0.25, 0.3) is 19.3 Å². The second kappa shape index (κ2) is 10.8. The third kappa shape index (κ3) is 6.87. The smallest absolute Gasteiger partial charge is 0.434 e. The van der Waals surface area contributed by atoms with E-state index in [1.807, 2.05) is 0 Å². The van der Waals surface area contributed by atoms with E-state index in [-0.39, 0.29) is 41.7 Å². The molecule has 0 saturated carbocycles. The number of nitrogens with one attached hydrogen (secondary N) is 1. The Bertz CT molecular complexity index is 1460. The van der Waals surface area contributed by atoms with Gasteiger partial charge in [-0.25, -0.2) is 18.4 Å². The van der Waals surface area contributed by atoms with Crippen LogP contribution in [0.25, 0.3) is 10.8 Å². The molecule has 3 aromatic carbocycles. The van der Waals surface area contributed by atoms with Crippen molar-refractivity contribution < 1.29 is 31.1 Å².